The van der Waals surface area contributed by atoms with Gasteiger partial charge in [0.2, 0.25) is 0 Å². The summed E-state index contributed by atoms with van der Waals surface area (Å²) in [6.45, 7) is 0.632. The molecule has 0 fully saturated rings. The smallest absolute Gasteiger partial charge is 0.251 e. The van der Waals surface area contributed by atoms with E-state index < -0.39 is 0 Å². The highest BCUT2D eigenvalue weighted by molar-refractivity contribution is 6.32. The molecule has 0 spiro atoms. The summed E-state index contributed by atoms with van der Waals surface area (Å²) < 4.78 is 10.7. The first-order valence-corrected chi connectivity index (χ1v) is 7.02. The van der Waals surface area contributed by atoms with Gasteiger partial charge in [0, 0.05) is 5.56 Å². The van der Waals surface area contributed by atoms with Crippen LogP contribution in [-0.4, -0.2) is 31.3 Å². The topological polar surface area (TPSA) is 67.8 Å². The second kappa shape index (κ2) is 7.56. The molecular weight excluding hydrogens is 306 g/mol. The second-order valence-corrected chi connectivity index (χ2v) is 4.83. The number of ether oxygens (including phenoxy) is 2. The quantitative estimate of drug-likeness (QED) is 0.803. The van der Waals surface area contributed by atoms with Crippen LogP contribution in [0.2, 0.25) is 5.02 Å². The maximum Gasteiger partial charge on any atom is 0.251 e. The monoisotopic (exact) mass is 321 g/mol. The summed E-state index contributed by atoms with van der Waals surface area (Å²) in [4.78, 5) is 11.9. The molecule has 116 valence electrons. The van der Waals surface area contributed by atoms with E-state index in [0.717, 1.165) is 0 Å². The maximum absolute atomic E-state index is 11.9. The number of phenols is 1. The third-order valence-electron chi connectivity index (χ3n) is 2.92. The van der Waals surface area contributed by atoms with E-state index in [4.69, 9.17) is 21.1 Å². The number of methoxy groups -OCH3 is 1. The molecule has 0 saturated carbocycles. The van der Waals surface area contributed by atoms with Crippen molar-refractivity contribution in [1.82, 2.24) is 5.32 Å². The predicted molar refractivity (Wildman–Crippen MR) is 83.9 cm³/mol. The van der Waals surface area contributed by atoms with Gasteiger partial charge in [-0.25, -0.2) is 0 Å². The highest BCUT2D eigenvalue weighted by Gasteiger charge is 2.08. The van der Waals surface area contributed by atoms with E-state index in [9.17, 15) is 9.90 Å². The molecule has 0 aromatic heterocycles. The zero-order valence-corrected chi connectivity index (χ0v) is 12.8. The SMILES string of the molecule is COc1ccccc1OCCNC(=O)c1ccc(O)c(Cl)c1. The average Bonchev–Trinajstić information content (AvgIpc) is 2.54. The molecule has 0 atom stereocenters. The lowest BCUT2D eigenvalue weighted by Crippen LogP contribution is -2.28. The highest BCUT2D eigenvalue weighted by atomic mass is 35.5. The van der Waals surface area contributed by atoms with Crippen LogP contribution in [0.5, 0.6) is 17.2 Å². The number of halogens is 1. The molecule has 0 aliphatic rings. The summed E-state index contributed by atoms with van der Waals surface area (Å²) in [5.74, 6) is 0.911. The van der Waals surface area contributed by atoms with Crippen LogP contribution in [0.25, 0.3) is 0 Å². The van der Waals surface area contributed by atoms with Crippen LogP contribution in [-0.2, 0) is 0 Å². The van der Waals surface area contributed by atoms with Gasteiger partial charge in [-0.1, -0.05) is 23.7 Å². The number of benzene rings is 2. The van der Waals surface area contributed by atoms with Gasteiger partial charge in [0.15, 0.2) is 11.5 Å². The number of carbonyl (C=O) groups excluding carboxylic acids is 1. The summed E-state index contributed by atoms with van der Waals surface area (Å²) in [5.41, 5.74) is 0.375. The molecule has 0 aliphatic carbocycles. The minimum atomic E-state index is -0.287. The van der Waals surface area contributed by atoms with E-state index in [0.29, 0.717) is 30.2 Å². The first-order valence-electron chi connectivity index (χ1n) is 6.64. The number of aromatic hydroxyl groups is 1. The summed E-state index contributed by atoms with van der Waals surface area (Å²) in [5, 5.41) is 12.2. The molecule has 6 heteroatoms. The zero-order chi connectivity index (χ0) is 15.9. The van der Waals surface area contributed by atoms with Gasteiger partial charge in [-0.15, -0.1) is 0 Å². The van der Waals surface area contributed by atoms with Gasteiger partial charge in [0.1, 0.15) is 12.4 Å². The number of amides is 1. The van der Waals surface area contributed by atoms with Gasteiger partial charge in [-0.3, -0.25) is 4.79 Å². The Morgan fingerprint density at radius 1 is 1.23 bits per heavy atom. The molecule has 2 N–H and O–H groups in total. The minimum Gasteiger partial charge on any atom is -0.506 e. The van der Waals surface area contributed by atoms with E-state index in [1.54, 1.807) is 19.2 Å². The van der Waals surface area contributed by atoms with E-state index in [-0.39, 0.29) is 16.7 Å². The van der Waals surface area contributed by atoms with Crippen LogP contribution < -0.4 is 14.8 Å². The molecule has 0 bridgehead atoms. The summed E-state index contributed by atoms with van der Waals surface area (Å²) >= 11 is 5.76. The fourth-order valence-electron chi connectivity index (χ4n) is 1.81. The zero-order valence-electron chi connectivity index (χ0n) is 12.0. The molecule has 0 aliphatic heterocycles. The van der Waals surface area contributed by atoms with E-state index >= 15 is 0 Å². The maximum atomic E-state index is 11.9. The van der Waals surface area contributed by atoms with Crippen LogP contribution >= 0.6 is 11.6 Å². The van der Waals surface area contributed by atoms with E-state index in [1.807, 2.05) is 12.1 Å². The number of hydrogen-bond donors (Lipinski definition) is 2. The Balaban J connectivity index is 1.83. The van der Waals surface area contributed by atoms with Gasteiger partial charge in [0.25, 0.3) is 5.91 Å². The van der Waals surface area contributed by atoms with Crippen LogP contribution in [0, 0.1) is 0 Å². The molecule has 0 heterocycles. The molecule has 0 unspecified atom stereocenters. The number of rotatable bonds is 6. The Labute approximate surface area is 133 Å². The Kier molecular flexibility index (Phi) is 5.49. The molecule has 2 aromatic carbocycles. The Hall–Kier alpha value is -2.40. The fourth-order valence-corrected chi connectivity index (χ4v) is 1.99. The van der Waals surface area contributed by atoms with E-state index in [1.165, 1.54) is 18.2 Å². The molecule has 22 heavy (non-hydrogen) atoms. The molecule has 5 nitrogen and oxygen atoms in total. The first-order chi connectivity index (χ1) is 10.6. The average molecular weight is 322 g/mol. The van der Waals surface area contributed by atoms with Crippen molar-refractivity contribution in [2.24, 2.45) is 0 Å². The molecule has 2 rings (SSSR count). The lowest BCUT2D eigenvalue weighted by molar-refractivity contribution is 0.0947. The Morgan fingerprint density at radius 2 is 1.95 bits per heavy atom. The fraction of sp³-hybridized carbons (Fsp3) is 0.188. The summed E-state index contributed by atoms with van der Waals surface area (Å²) in [6, 6.07) is 11.6. The van der Waals surface area contributed by atoms with Crippen molar-refractivity contribution in [1.29, 1.82) is 0 Å². The Bertz CT molecular complexity index is 660. The Morgan fingerprint density at radius 3 is 2.64 bits per heavy atom. The number of phenolic OH excluding ortho intramolecular Hbond substituents is 1. The lowest BCUT2D eigenvalue weighted by Gasteiger charge is -2.11. The molecule has 2 aromatic rings. The van der Waals surface area contributed by atoms with Crippen molar-refractivity contribution < 1.29 is 19.4 Å². The third-order valence-corrected chi connectivity index (χ3v) is 3.23. The summed E-state index contributed by atoms with van der Waals surface area (Å²) in [6.07, 6.45) is 0. The van der Waals surface area contributed by atoms with Crippen LogP contribution in [0.3, 0.4) is 0 Å². The van der Waals surface area contributed by atoms with Gasteiger partial charge in [0.05, 0.1) is 18.7 Å². The first kappa shape index (κ1) is 16.0. The van der Waals surface area contributed by atoms with Crippen molar-refractivity contribution in [3.8, 4) is 17.2 Å². The van der Waals surface area contributed by atoms with Gasteiger partial charge < -0.3 is 19.9 Å². The van der Waals surface area contributed by atoms with Crippen molar-refractivity contribution in [3.63, 3.8) is 0 Å². The standard InChI is InChI=1S/C16H16ClNO4/c1-21-14-4-2-3-5-15(14)22-9-8-18-16(20)11-6-7-13(19)12(17)10-11/h2-7,10,19H,8-9H2,1H3,(H,18,20). The predicted octanol–water partition coefficient (Wildman–Crippen LogP) is 2.86. The number of para-hydroxylation sites is 2. The number of nitrogens with one attached hydrogen (secondary N) is 1. The van der Waals surface area contributed by atoms with Crippen molar-refractivity contribution in [2.75, 3.05) is 20.3 Å². The molecule has 0 saturated heterocycles. The minimum absolute atomic E-state index is 0.0577. The van der Waals surface area contributed by atoms with Crippen molar-refractivity contribution >= 4 is 17.5 Å². The molecule has 0 radical (unpaired) electrons. The number of carbonyl (C=O) groups is 1. The lowest BCUT2D eigenvalue weighted by atomic mass is 10.2. The molecule has 1 amide bonds. The highest BCUT2D eigenvalue weighted by Crippen LogP contribution is 2.25. The van der Waals surface area contributed by atoms with Gasteiger partial charge >= 0.3 is 0 Å². The van der Waals surface area contributed by atoms with Crippen molar-refractivity contribution in [3.05, 3.63) is 53.1 Å². The number of hydrogen-bond acceptors (Lipinski definition) is 4. The van der Waals surface area contributed by atoms with Crippen LogP contribution in [0.4, 0.5) is 0 Å². The second-order valence-electron chi connectivity index (χ2n) is 4.42. The van der Waals surface area contributed by atoms with Crippen LogP contribution in [0.1, 0.15) is 10.4 Å². The third kappa shape index (κ3) is 4.05. The van der Waals surface area contributed by atoms with Gasteiger partial charge in [-0.05, 0) is 30.3 Å². The van der Waals surface area contributed by atoms with Gasteiger partial charge in [-0.2, -0.15) is 0 Å². The molecular formula is C16H16ClNO4. The largest absolute Gasteiger partial charge is 0.506 e. The van der Waals surface area contributed by atoms with Crippen molar-refractivity contribution in [2.45, 2.75) is 0 Å². The van der Waals surface area contributed by atoms with Crippen LogP contribution in [0.15, 0.2) is 42.5 Å². The summed E-state index contributed by atoms with van der Waals surface area (Å²) in [7, 11) is 1.57. The van der Waals surface area contributed by atoms with E-state index in [2.05, 4.69) is 5.32 Å². The normalized spacial score (nSPS) is 10.1.